The van der Waals surface area contributed by atoms with Crippen LogP contribution in [0.5, 0.6) is 0 Å². The van der Waals surface area contributed by atoms with E-state index in [9.17, 15) is 14.4 Å². The number of carbonyl (C=O) groups excluding carboxylic acids is 2. The van der Waals surface area contributed by atoms with Gasteiger partial charge in [0.1, 0.15) is 12.1 Å². The molecule has 3 N–H and O–H groups in total. The Morgan fingerprint density at radius 1 is 1.19 bits per heavy atom. The van der Waals surface area contributed by atoms with Gasteiger partial charge in [0.15, 0.2) is 0 Å². The number of carboxylic acids is 1. The third-order valence-electron chi connectivity index (χ3n) is 3.59. The highest BCUT2D eigenvalue weighted by Gasteiger charge is 2.26. The maximum atomic E-state index is 12.0. The monoisotopic (exact) mass is 299 g/mol. The summed E-state index contributed by atoms with van der Waals surface area (Å²) in [5, 5.41) is 14.0. The summed E-state index contributed by atoms with van der Waals surface area (Å²) in [6, 6.07) is -2.18. The smallest absolute Gasteiger partial charge is 0.326 e. The molecule has 120 valence electrons. The van der Waals surface area contributed by atoms with E-state index in [4.69, 9.17) is 5.11 Å². The number of nitrogens with one attached hydrogen (secondary N) is 2. The molecule has 0 aromatic carbocycles. The van der Waals surface area contributed by atoms with Crippen molar-refractivity contribution in [2.24, 2.45) is 0 Å². The molecule has 0 bridgehead atoms. The van der Waals surface area contributed by atoms with E-state index in [1.54, 1.807) is 11.8 Å². The van der Waals surface area contributed by atoms with Crippen LogP contribution in [0.15, 0.2) is 0 Å². The van der Waals surface area contributed by atoms with Crippen molar-refractivity contribution in [3.05, 3.63) is 0 Å². The summed E-state index contributed by atoms with van der Waals surface area (Å²) in [6.07, 6.45) is 3.94. The molecule has 0 radical (unpaired) electrons. The first-order chi connectivity index (χ1) is 9.95. The van der Waals surface area contributed by atoms with E-state index in [0.717, 1.165) is 38.8 Å². The second-order valence-electron chi connectivity index (χ2n) is 5.40. The Balaban J connectivity index is 2.43. The fraction of sp³-hybridized carbons (Fsp3) is 0.786. The van der Waals surface area contributed by atoms with Crippen molar-refractivity contribution >= 4 is 17.9 Å². The Bertz CT molecular complexity index is 380. The molecule has 1 aliphatic heterocycles. The molecule has 0 saturated carbocycles. The van der Waals surface area contributed by atoms with Crippen molar-refractivity contribution in [3.8, 4) is 0 Å². The number of carbonyl (C=O) groups is 3. The van der Waals surface area contributed by atoms with Gasteiger partial charge in [0.25, 0.3) is 0 Å². The number of carboxylic acid groups (broad SMARTS) is 1. The van der Waals surface area contributed by atoms with E-state index in [2.05, 4.69) is 10.6 Å². The first kappa shape index (κ1) is 17.3. The molecule has 1 unspecified atom stereocenters. The van der Waals surface area contributed by atoms with Gasteiger partial charge < -0.3 is 20.6 Å². The number of amides is 3. The lowest BCUT2D eigenvalue weighted by atomic mass is 10.1. The van der Waals surface area contributed by atoms with E-state index in [1.165, 1.54) is 0 Å². The average molecular weight is 299 g/mol. The Kier molecular flexibility index (Phi) is 6.98. The lowest BCUT2D eigenvalue weighted by Crippen LogP contribution is -2.52. The number of nitrogens with zero attached hydrogens (tertiary/aromatic N) is 1. The highest BCUT2D eigenvalue weighted by atomic mass is 16.4. The number of urea groups is 1. The van der Waals surface area contributed by atoms with Crippen LogP contribution < -0.4 is 10.6 Å². The van der Waals surface area contributed by atoms with E-state index in [1.807, 2.05) is 6.92 Å². The van der Waals surface area contributed by atoms with Crippen LogP contribution in [0.25, 0.3) is 0 Å². The van der Waals surface area contributed by atoms with Crippen molar-refractivity contribution in [1.29, 1.82) is 0 Å². The number of likely N-dealkylation sites (tertiary alicyclic amines) is 1. The molecule has 3 amide bonds. The molecule has 0 aromatic heterocycles. The standard InChI is InChI=1S/C14H25N3O4/c1-3-4-7-11(13(19)20)16-14(21)15-10(2)12(18)17-8-5-6-9-17/h10-11H,3-9H2,1-2H3,(H,19,20)(H2,15,16,21)/t10?,11-/m0/s1. The van der Waals surface area contributed by atoms with Crippen LogP contribution in [0, 0.1) is 0 Å². The van der Waals surface area contributed by atoms with E-state index in [-0.39, 0.29) is 5.91 Å². The summed E-state index contributed by atoms with van der Waals surface area (Å²) in [7, 11) is 0. The van der Waals surface area contributed by atoms with Gasteiger partial charge in [-0.25, -0.2) is 9.59 Å². The summed E-state index contributed by atoms with van der Waals surface area (Å²) in [5.74, 6) is -1.18. The average Bonchev–Trinajstić information content (AvgIpc) is 2.96. The van der Waals surface area contributed by atoms with Crippen LogP contribution in [0.3, 0.4) is 0 Å². The van der Waals surface area contributed by atoms with Crippen LogP contribution in [0.2, 0.25) is 0 Å². The van der Waals surface area contributed by atoms with Gasteiger partial charge in [-0.1, -0.05) is 19.8 Å². The van der Waals surface area contributed by atoms with Gasteiger partial charge in [-0.2, -0.15) is 0 Å². The maximum absolute atomic E-state index is 12.0. The summed E-state index contributed by atoms with van der Waals surface area (Å²) >= 11 is 0. The molecule has 0 spiro atoms. The second kappa shape index (κ2) is 8.49. The van der Waals surface area contributed by atoms with E-state index in [0.29, 0.717) is 6.42 Å². The minimum Gasteiger partial charge on any atom is -0.480 e. The Hall–Kier alpha value is -1.79. The lowest BCUT2D eigenvalue weighted by Gasteiger charge is -2.22. The Morgan fingerprint density at radius 3 is 2.33 bits per heavy atom. The van der Waals surface area contributed by atoms with Gasteiger partial charge in [-0.05, 0) is 26.2 Å². The number of aliphatic carboxylic acids is 1. The van der Waals surface area contributed by atoms with E-state index >= 15 is 0 Å². The number of unbranched alkanes of at least 4 members (excludes halogenated alkanes) is 1. The normalized spacial score (nSPS) is 17.1. The van der Waals surface area contributed by atoms with Crippen molar-refractivity contribution < 1.29 is 19.5 Å². The molecule has 1 heterocycles. The largest absolute Gasteiger partial charge is 0.480 e. The molecule has 21 heavy (non-hydrogen) atoms. The van der Waals surface area contributed by atoms with Crippen LogP contribution >= 0.6 is 0 Å². The SMILES string of the molecule is CCCC[C@H](NC(=O)NC(C)C(=O)N1CCCC1)C(=O)O. The van der Waals surface area contributed by atoms with Crippen LogP contribution in [0.4, 0.5) is 4.79 Å². The topological polar surface area (TPSA) is 98.7 Å². The first-order valence-electron chi connectivity index (χ1n) is 7.54. The molecule has 7 nitrogen and oxygen atoms in total. The van der Waals surface area contributed by atoms with Crippen LogP contribution in [-0.2, 0) is 9.59 Å². The Labute approximate surface area is 125 Å². The molecule has 1 aliphatic rings. The van der Waals surface area contributed by atoms with Gasteiger partial charge in [-0.15, -0.1) is 0 Å². The zero-order valence-electron chi connectivity index (χ0n) is 12.7. The number of hydrogen-bond acceptors (Lipinski definition) is 3. The fourth-order valence-electron chi connectivity index (χ4n) is 2.34. The van der Waals surface area contributed by atoms with Gasteiger partial charge in [-0.3, -0.25) is 4.79 Å². The number of rotatable bonds is 7. The predicted molar refractivity (Wildman–Crippen MR) is 77.9 cm³/mol. The predicted octanol–water partition coefficient (Wildman–Crippen LogP) is 0.940. The molecule has 0 aliphatic carbocycles. The number of hydrogen-bond donors (Lipinski definition) is 3. The fourth-order valence-corrected chi connectivity index (χ4v) is 2.34. The molecular formula is C14H25N3O4. The molecule has 1 rings (SSSR count). The quantitative estimate of drug-likeness (QED) is 0.651. The summed E-state index contributed by atoms with van der Waals surface area (Å²) < 4.78 is 0. The highest BCUT2D eigenvalue weighted by molar-refractivity contribution is 5.88. The summed E-state index contributed by atoms with van der Waals surface area (Å²) in [5.41, 5.74) is 0. The van der Waals surface area contributed by atoms with Crippen molar-refractivity contribution in [1.82, 2.24) is 15.5 Å². The minimum atomic E-state index is -1.06. The Morgan fingerprint density at radius 2 is 1.81 bits per heavy atom. The van der Waals surface area contributed by atoms with Crippen LogP contribution in [0.1, 0.15) is 46.0 Å². The summed E-state index contributed by atoms with van der Waals surface area (Å²) in [6.45, 7) is 5.01. The van der Waals surface area contributed by atoms with Crippen molar-refractivity contribution in [2.75, 3.05) is 13.1 Å². The van der Waals surface area contributed by atoms with Crippen molar-refractivity contribution in [3.63, 3.8) is 0 Å². The second-order valence-corrected chi connectivity index (χ2v) is 5.40. The first-order valence-corrected chi connectivity index (χ1v) is 7.54. The third kappa shape index (κ3) is 5.61. The molecule has 7 heteroatoms. The third-order valence-corrected chi connectivity index (χ3v) is 3.59. The highest BCUT2D eigenvalue weighted by Crippen LogP contribution is 2.09. The van der Waals surface area contributed by atoms with Crippen molar-refractivity contribution in [2.45, 2.75) is 58.0 Å². The van der Waals surface area contributed by atoms with Gasteiger partial charge in [0.2, 0.25) is 5.91 Å². The molecule has 0 aromatic rings. The zero-order chi connectivity index (χ0) is 15.8. The van der Waals surface area contributed by atoms with Crippen LogP contribution in [-0.4, -0.2) is 53.1 Å². The molecule has 1 saturated heterocycles. The van der Waals surface area contributed by atoms with Gasteiger partial charge in [0, 0.05) is 13.1 Å². The zero-order valence-corrected chi connectivity index (χ0v) is 12.7. The summed E-state index contributed by atoms with van der Waals surface area (Å²) in [4.78, 5) is 36.6. The maximum Gasteiger partial charge on any atom is 0.326 e. The molecule has 1 fully saturated rings. The lowest BCUT2D eigenvalue weighted by molar-refractivity contribution is -0.139. The van der Waals surface area contributed by atoms with Gasteiger partial charge >= 0.3 is 12.0 Å². The van der Waals surface area contributed by atoms with E-state index < -0.39 is 24.1 Å². The van der Waals surface area contributed by atoms with Gasteiger partial charge in [0.05, 0.1) is 0 Å². The molecular weight excluding hydrogens is 274 g/mol. The minimum absolute atomic E-state index is 0.122. The molecule has 2 atom stereocenters.